The number of anilines is 1. The summed E-state index contributed by atoms with van der Waals surface area (Å²) in [7, 11) is 0. The number of rotatable bonds is 11. The van der Waals surface area contributed by atoms with E-state index < -0.39 is 28.6 Å². The molecule has 1 aromatic heterocycles. The normalized spacial score (nSPS) is 11.3. The average Bonchev–Trinajstić information content (AvgIpc) is 2.87. The lowest BCUT2D eigenvalue weighted by Gasteiger charge is -2.13. The van der Waals surface area contributed by atoms with Crippen molar-refractivity contribution in [1.82, 2.24) is 9.97 Å². The van der Waals surface area contributed by atoms with Crippen molar-refractivity contribution < 1.29 is 23.6 Å². The Morgan fingerprint density at radius 1 is 1.28 bits per heavy atom. The number of nitriles is 1. The lowest BCUT2D eigenvalue weighted by atomic mass is 10.1. The summed E-state index contributed by atoms with van der Waals surface area (Å²) >= 11 is 1.15. The number of nitro groups is 1. The molecule has 0 saturated heterocycles. The highest BCUT2D eigenvalue weighted by atomic mass is 32.2. The lowest BCUT2D eigenvalue weighted by molar-refractivity contribution is -0.385. The largest absolute Gasteiger partial charge is 0.462 e. The maximum absolute atomic E-state index is 13.1. The molecule has 0 fully saturated rings. The van der Waals surface area contributed by atoms with E-state index in [-0.39, 0.29) is 47.4 Å². The first-order valence-corrected chi connectivity index (χ1v) is 12.0. The summed E-state index contributed by atoms with van der Waals surface area (Å²) in [6.45, 7) is 1.40. The van der Waals surface area contributed by atoms with Gasteiger partial charge in [0.05, 0.1) is 23.2 Å². The Hall–Kier alpha value is -4.24. The molecule has 0 bridgehead atoms. The molecule has 3 aromatic rings. The highest BCUT2D eigenvalue weighted by Crippen LogP contribution is 2.38. The van der Waals surface area contributed by atoms with Crippen LogP contribution in [-0.4, -0.2) is 39.9 Å². The van der Waals surface area contributed by atoms with E-state index in [2.05, 4.69) is 15.3 Å². The van der Waals surface area contributed by atoms with Crippen molar-refractivity contribution in [2.45, 2.75) is 31.2 Å². The molecule has 1 unspecified atom stereocenters. The van der Waals surface area contributed by atoms with Crippen LogP contribution in [0.4, 0.5) is 15.9 Å². The van der Waals surface area contributed by atoms with Crippen LogP contribution in [0.15, 0.2) is 53.7 Å². The van der Waals surface area contributed by atoms with Gasteiger partial charge in [-0.15, -0.1) is 0 Å². The first kappa shape index (κ1) is 26.4. The number of halogens is 1. The molecule has 1 heterocycles. The van der Waals surface area contributed by atoms with Crippen LogP contribution < -0.4 is 10.1 Å². The number of benzene rings is 2. The zero-order valence-corrected chi connectivity index (χ0v) is 20.3. The minimum Gasteiger partial charge on any atom is -0.462 e. The molecule has 2 aromatic carbocycles. The van der Waals surface area contributed by atoms with Crippen LogP contribution in [-0.2, 0) is 11.3 Å². The third-order valence-corrected chi connectivity index (χ3v) is 5.33. The van der Waals surface area contributed by atoms with Gasteiger partial charge in [0, 0.05) is 13.0 Å². The van der Waals surface area contributed by atoms with Gasteiger partial charge >= 0.3 is 17.5 Å². The summed E-state index contributed by atoms with van der Waals surface area (Å²) in [5, 5.41) is 24.4. The molecule has 186 valence electrons. The molecule has 36 heavy (non-hydrogen) atoms. The molecule has 0 aliphatic rings. The fraction of sp³-hybridized carbons (Fsp3) is 0.250. The molecular weight excluding hydrogens is 489 g/mol. The van der Waals surface area contributed by atoms with E-state index in [1.807, 2.05) is 36.4 Å². The van der Waals surface area contributed by atoms with Gasteiger partial charge in [0.1, 0.15) is 17.5 Å². The minimum atomic E-state index is -1.17. The highest BCUT2D eigenvalue weighted by Gasteiger charge is 2.28. The van der Waals surface area contributed by atoms with Gasteiger partial charge in [0.2, 0.25) is 5.82 Å². The Morgan fingerprint density at radius 2 is 2.03 bits per heavy atom. The molecule has 1 N–H and O–H groups in total. The van der Waals surface area contributed by atoms with Gasteiger partial charge in [-0.1, -0.05) is 42.1 Å². The standard InChI is InChI=1S/C24H22FN5O5S/c1-15(25)10-11-34-23(31)18-12-17(13-26)8-9-19(18)35-22-20(30(32)33)21(28-24(29-22)36-2)27-14-16-6-4-3-5-7-16/h3-9,12,15H,10-11,14H2,1-2H3,(H,27,28,29). The number of nitrogens with one attached hydrogen (secondary N) is 1. The van der Waals surface area contributed by atoms with E-state index in [4.69, 9.17) is 9.47 Å². The second-order valence-electron chi connectivity index (χ2n) is 7.44. The molecule has 1 atom stereocenters. The quantitative estimate of drug-likeness (QED) is 0.119. The fourth-order valence-corrected chi connectivity index (χ4v) is 3.35. The summed E-state index contributed by atoms with van der Waals surface area (Å²) in [5.41, 5.74) is 0.329. The fourth-order valence-electron chi connectivity index (χ4n) is 2.99. The van der Waals surface area contributed by atoms with E-state index in [9.17, 15) is 24.6 Å². The number of nitrogens with zero attached hydrogens (tertiary/aromatic N) is 4. The SMILES string of the molecule is CSc1nc(NCc2ccccc2)c([N+](=O)[O-])c(Oc2ccc(C#N)cc2C(=O)OCCC(C)F)n1. The average molecular weight is 512 g/mol. The molecule has 0 radical (unpaired) electrons. The minimum absolute atomic E-state index is 0.00915. The van der Waals surface area contributed by atoms with Crippen molar-refractivity contribution in [3.05, 3.63) is 75.3 Å². The van der Waals surface area contributed by atoms with Crippen molar-refractivity contribution >= 4 is 29.2 Å². The highest BCUT2D eigenvalue weighted by molar-refractivity contribution is 7.98. The second kappa shape index (κ2) is 12.5. The number of hydrogen-bond acceptors (Lipinski definition) is 10. The van der Waals surface area contributed by atoms with E-state index in [1.54, 1.807) is 6.26 Å². The van der Waals surface area contributed by atoms with E-state index >= 15 is 0 Å². The van der Waals surface area contributed by atoms with Gasteiger partial charge in [0.25, 0.3) is 0 Å². The van der Waals surface area contributed by atoms with E-state index in [1.165, 1.54) is 25.1 Å². The predicted octanol–water partition coefficient (Wildman–Crippen LogP) is 5.29. The molecule has 10 nitrogen and oxygen atoms in total. The van der Waals surface area contributed by atoms with Crippen molar-refractivity contribution in [1.29, 1.82) is 5.26 Å². The van der Waals surface area contributed by atoms with Crippen LogP contribution in [0.1, 0.15) is 34.8 Å². The Morgan fingerprint density at radius 3 is 2.67 bits per heavy atom. The first-order chi connectivity index (χ1) is 17.3. The molecule has 0 spiro atoms. The maximum Gasteiger partial charge on any atom is 0.373 e. The second-order valence-corrected chi connectivity index (χ2v) is 8.21. The number of thioether (sulfide) groups is 1. The summed E-state index contributed by atoms with van der Waals surface area (Å²) in [4.78, 5) is 32.3. The summed E-state index contributed by atoms with van der Waals surface area (Å²) in [6, 6.07) is 15.1. The van der Waals surface area contributed by atoms with Gasteiger partial charge in [-0.3, -0.25) is 10.1 Å². The molecule has 0 aliphatic heterocycles. The van der Waals surface area contributed by atoms with Crippen LogP contribution in [0.3, 0.4) is 0 Å². The molecule has 0 amide bonds. The molecule has 0 aliphatic carbocycles. The van der Waals surface area contributed by atoms with Crippen LogP contribution in [0.5, 0.6) is 11.6 Å². The number of carbonyl (C=O) groups is 1. The summed E-state index contributed by atoms with van der Waals surface area (Å²) in [6.07, 6.45) is 0.516. The van der Waals surface area contributed by atoms with Gasteiger partial charge in [-0.25, -0.2) is 9.18 Å². The summed E-state index contributed by atoms with van der Waals surface area (Å²) in [5.74, 6) is -1.44. The number of aromatic nitrogens is 2. The van der Waals surface area contributed by atoms with Crippen LogP contribution in [0, 0.1) is 21.4 Å². The van der Waals surface area contributed by atoms with Crippen LogP contribution >= 0.6 is 11.8 Å². The predicted molar refractivity (Wildman–Crippen MR) is 131 cm³/mol. The van der Waals surface area contributed by atoms with E-state index in [0.717, 1.165) is 17.3 Å². The number of alkyl halides is 1. The number of ether oxygens (including phenoxy) is 2. The molecule has 0 saturated carbocycles. The third-order valence-electron chi connectivity index (χ3n) is 4.78. The van der Waals surface area contributed by atoms with Crippen molar-refractivity contribution in [2.24, 2.45) is 0 Å². The Bertz CT molecular complexity index is 1280. The smallest absolute Gasteiger partial charge is 0.373 e. The molecule has 12 heteroatoms. The zero-order valence-electron chi connectivity index (χ0n) is 19.4. The van der Waals surface area contributed by atoms with Crippen LogP contribution in [0.2, 0.25) is 0 Å². The monoisotopic (exact) mass is 511 g/mol. The van der Waals surface area contributed by atoms with Crippen molar-refractivity contribution in [2.75, 3.05) is 18.2 Å². The topological polar surface area (TPSA) is 140 Å². The molecular formula is C24H22FN5O5S. The first-order valence-electron chi connectivity index (χ1n) is 10.7. The maximum atomic E-state index is 13.1. The number of carbonyl (C=O) groups excluding carboxylic acids is 1. The van der Waals surface area contributed by atoms with Gasteiger partial charge in [-0.2, -0.15) is 15.2 Å². The van der Waals surface area contributed by atoms with Crippen LogP contribution in [0.25, 0.3) is 0 Å². The van der Waals surface area contributed by atoms with Gasteiger partial charge in [-0.05, 0) is 36.9 Å². The van der Waals surface area contributed by atoms with Crippen molar-refractivity contribution in [3.8, 4) is 17.7 Å². The third kappa shape index (κ3) is 6.89. The molecule has 3 rings (SSSR count). The van der Waals surface area contributed by atoms with Gasteiger partial charge < -0.3 is 14.8 Å². The number of esters is 1. The van der Waals surface area contributed by atoms with E-state index in [0.29, 0.717) is 0 Å². The summed E-state index contributed by atoms with van der Waals surface area (Å²) < 4.78 is 23.9. The van der Waals surface area contributed by atoms with Gasteiger partial charge in [0.15, 0.2) is 5.16 Å². The van der Waals surface area contributed by atoms with Crippen molar-refractivity contribution in [3.63, 3.8) is 0 Å². The Labute approximate surface area is 210 Å². The Kier molecular flexibility index (Phi) is 9.13. The number of hydrogen-bond donors (Lipinski definition) is 1. The lowest BCUT2D eigenvalue weighted by Crippen LogP contribution is -2.12. The Balaban J connectivity index is 1.99. The zero-order chi connectivity index (χ0) is 26.1.